The molecule has 0 saturated heterocycles. The van der Waals surface area contributed by atoms with Crippen LogP contribution in [0.3, 0.4) is 0 Å². The highest BCUT2D eigenvalue weighted by Gasteiger charge is 2.22. The van der Waals surface area contributed by atoms with Gasteiger partial charge in [0, 0.05) is 17.4 Å². The molecule has 1 aromatic heterocycles. The highest BCUT2D eigenvalue weighted by Crippen LogP contribution is 2.19. The molecule has 0 atom stereocenters. The third-order valence-electron chi connectivity index (χ3n) is 2.95. The number of hydrogen-bond donors (Lipinski definition) is 3. The van der Waals surface area contributed by atoms with Crippen molar-refractivity contribution in [3.8, 4) is 0 Å². The van der Waals surface area contributed by atoms with E-state index in [2.05, 4.69) is 4.98 Å². The van der Waals surface area contributed by atoms with Crippen molar-refractivity contribution >= 4 is 22.8 Å². The van der Waals surface area contributed by atoms with Crippen LogP contribution in [0.2, 0.25) is 0 Å². The van der Waals surface area contributed by atoms with Crippen molar-refractivity contribution < 1.29 is 19.4 Å². The normalized spacial score (nSPS) is 11.6. The average Bonchev–Trinajstić information content (AvgIpc) is 2.81. The smallest absolute Gasteiger partial charge is 0.352 e. The molecule has 0 amide bonds. The number of carboxylic acid groups (broad SMARTS) is 1. The van der Waals surface area contributed by atoms with Crippen molar-refractivity contribution in [1.82, 2.24) is 4.98 Å². The van der Waals surface area contributed by atoms with Crippen molar-refractivity contribution in [2.24, 2.45) is 5.73 Å². The van der Waals surface area contributed by atoms with E-state index in [1.54, 1.807) is 32.0 Å². The van der Waals surface area contributed by atoms with E-state index in [4.69, 9.17) is 15.6 Å². The first-order valence-electron chi connectivity index (χ1n) is 6.12. The zero-order valence-corrected chi connectivity index (χ0v) is 11.3. The fourth-order valence-corrected chi connectivity index (χ4v) is 1.73. The lowest BCUT2D eigenvalue weighted by Gasteiger charge is -2.22. The molecule has 0 aliphatic carbocycles. The van der Waals surface area contributed by atoms with Gasteiger partial charge in [0.05, 0.1) is 5.56 Å². The minimum Gasteiger partial charge on any atom is -0.477 e. The number of carbonyl (C=O) groups is 2. The third kappa shape index (κ3) is 2.80. The van der Waals surface area contributed by atoms with Gasteiger partial charge < -0.3 is 20.6 Å². The second-order valence-electron chi connectivity index (χ2n) is 5.14. The van der Waals surface area contributed by atoms with E-state index in [-0.39, 0.29) is 12.2 Å². The molecule has 0 aliphatic heterocycles. The lowest BCUT2D eigenvalue weighted by atomic mass is 10.1. The number of aromatic carboxylic acids is 1. The van der Waals surface area contributed by atoms with E-state index in [0.717, 1.165) is 0 Å². The molecule has 6 nitrogen and oxygen atoms in total. The number of benzene rings is 1. The monoisotopic (exact) mass is 276 g/mol. The Labute approximate surface area is 115 Å². The van der Waals surface area contributed by atoms with Crippen LogP contribution in [-0.4, -0.2) is 34.2 Å². The number of carboxylic acids is 1. The fraction of sp³-hybridized carbons (Fsp3) is 0.286. The number of esters is 1. The van der Waals surface area contributed by atoms with E-state index in [1.165, 1.54) is 6.07 Å². The fourth-order valence-electron chi connectivity index (χ4n) is 1.73. The number of rotatable bonds is 4. The van der Waals surface area contributed by atoms with Crippen molar-refractivity contribution in [2.45, 2.75) is 19.4 Å². The maximum absolute atomic E-state index is 12.0. The Balaban J connectivity index is 2.31. The molecule has 2 aromatic rings. The van der Waals surface area contributed by atoms with Crippen LogP contribution in [-0.2, 0) is 4.74 Å². The number of aromatic nitrogens is 1. The summed E-state index contributed by atoms with van der Waals surface area (Å²) in [5, 5.41) is 9.55. The van der Waals surface area contributed by atoms with Gasteiger partial charge in [0.1, 0.15) is 11.3 Å². The van der Waals surface area contributed by atoms with Crippen LogP contribution in [0.1, 0.15) is 34.7 Å². The van der Waals surface area contributed by atoms with E-state index in [9.17, 15) is 9.59 Å². The Hall–Kier alpha value is -2.34. The number of carbonyl (C=O) groups excluding carboxylic acids is 1. The number of aromatic amines is 1. The lowest BCUT2D eigenvalue weighted by molar-refractivity contribution is 0.00292. The summed E-state index contributed by atoms with van der Waals surface area (Å²) in [4.78, 5) is 25.6. The molecule has 4 N–H and O–H groups in total. The number of hydrogen-bond acceptors (Lipinski definition) is 4. The molecule has 106 valence electrons. The molecule has 0 bridgehead atoms. The van der Waals surface area contributed by atoms with Gasteiger partial charge in [-0.25, -0.2) is 9.59 Å². The summed E-state index contributed by atoms with van der Waals surface area (Å²) in [6.45, 7) is 3.67. The van der Waals surface area contributed by atoms with Crippen LogP contribution in [0.25, 0.3) is 10.9 Å². The second kappa shape index (κ2) is 4.97. The first-order valence-corrected chi connectivity index (χ1v) is 6.12. The summed E-state index contributed by atoms with van der Waals surface area (Å²) < 4.78 is 5.29. The predicted molar refractivity (Wildman–Crippen MR) is 73.8 cm³/mol. The van der Waals surface area contributed by atoms with Gasteiger partial charge in [-0.1, -0.05) is 0 Å². The van der Waals surface area contributed by atoms with Crippen molar-refractivity contribution in [1.29, 1.82) is 0 Å². The number of fused-ring (bicyclic) bond motifs is 1. The van der Waals surface area contributed by atoms with Crippen LogP contribution in [0.4, 0.5) is 0 Å². The molecule has 0 saturated carbocycles. The van der Waals surface area contributed by atoms with Gasteiger partial charge in [0.15, 0.2) is 0 Å². The topological polar surface area (TPSA) is 105 Å². The maximum atomic E-state index is 12.0. The van der Waals surface area contributed by atoms with Gasteiger partial charge in [-0.05, 0) is 38.1 Å². The molecule has 1 heterocycles. The number of nitrogens with one attached hydrogen (secondary N) is 1. The molecular weight excluding hydrogens is 260 g/mol. The average molecular weight is 276 g/mol. The molecule has 0 spiro atoms. The molecule has 1 aromatic carbocycles. The summed E-state index contributed by atoms with van der Waals surface area (Å²) >= 11 is 0. The third-order valence-corrected chi connectivity index (χ3v) is 2.95. The molecule has 0 unspecified atom stereocenters. The summed E-state index contributed by atoms with van der Waals surface area (Å²) in [7, 11) is 0. The molecule has 0 fully saturated rings. The Morgan fingerprint density at radius 3 is 2.65 bits per heavy atom. The van der Waals surface area contributed by atoms with Gasteiger partial charge in [-0.2, -0.15) is 0 Å². The van der Waals surface area contributed by atoms with E-state index in [0.29, 0.717) is 16.5 Å². The molecule has 6 heteroatoms. The first-order chi connectivity index (χ1) is 9.32. The number of nitrogens with two attached hydrogens (primary N) is 1. The van der Waals surface area contributed by atoms with Gasteiger partial charge in [-0.3, -0.25) is 0 Å². The Bertz CT molecular complexity index is 673. The van der Waals surface area contributed by atoms with Crippen molar-refractivity contribution in [2.75, 3.05) is 6.54 Å². The summed E-state index contributed by atoms with van der Waals surface area (Å²) in [6.07, 6.45) is 0. The lowest BCUT2D eigenvalue weighted by Crippen LogP contribution is -2.36. The second-order valence-corrected chi connectivity index (χ2v) is 5.14. The van der Waals surface area contributed by atoms with Crippen LogP contribution in [0.5, 0.6) is 0 Å². The minimum absolute atomic E-state index is 0.0767. The summed E-state index contributed by atoms with van der Waals surface area (Å²) in [5.74, 6) is -1.53. The molecule has 20 heavy (non-hydrogen) atoms. The van der Waals surface area contributed by atoms with E-state index >= 15 is 0 Å². The standard InChI is InChI=1S/C14H16N2O4/c1-14(2,7-15)20-13(19)8-3-4-10-9(5-8)6-11(16-10)12(17)18/h3-6,16H,7,15H2,1-2H3,(H,17,18). The Kier molecular flexibility index (Phi) is 3.50. The molecule has 0 radical (unpaired) electrons. The molecular formula is C14H16N2O4. The number of H-pyrrole nitrogens is 1. The van der Waals surface area contributed by atoms with E-state index < -0.39 is 17.5 Å². The van der Waals surface area contributed by atoms with Crippen molar-refractivity contribution in [3.05, 3.63) is 35.5 Å². The van der Waals surface area contributed by atoms with Crippen LogP contribution < -0.4 is 5.73 Å². The maximum Gasteiger partial charge on any atom is 0.352 e. The largest absolute Gasteiger partial charge is 0.477 e. The highest BCUT2D eigenvalue weighted by molar-refractivity contribution is 5.98. The predicted octanol–water partition coefficient (Wildman–Crippen LogP) is 1.76. The van der Waals surface area contributed by atoms with Crippen LogP contribution in [0.15, 0.2) is 24.3 Å². The summed E-state index contributed by atoms with van der Waals surface area (Å²) in [5.41, 5.74) is 5.86. The Morgan fingerprint density at radius 1 is 1.35 bits per heavy atom. The highest BCUT2D eigenvalue weighted by atomic mass is 16.6. The SMILES string of the molecule is CC(C)(CN)OC(=O)c1ccc2[nH]c(C(=O)O)cc2c1. The molecule has 2 rings (SSSR count). The van der Waals surface area contributed by atoms with Gasteiger partial charge in [0.25, 0.3) is 0 Å². The van der Waals surface area contributed by atoms with Crippen molar-refractivity contribution in [3.63, 3.8) is 0 Å². The quantitative estimate of drug-likeness (QED) is 0.738. The van der Waals surface area contributed by atoms with Gasteiger partial charge >= 0.3 is 11.9 Å². The zero-order valence-electron chi connectivity index (χ0n) is 11.3. The van der Waals surface area contributed by atoms with E-state index in [1.807, 2.05) is 0 Å². The first kappa shape index (κ1) is 14.1. The molecule has 0 aliphatic rings. The number of ether oxygens (including phenoxy) is 1. The zero-order chi connectivity index (χ0) is 14.9. The minimum atomic E-state index is -1.05. The van der Waals surface area contributed by atoms with Crippen LogP contribution in [0, 0.1) is 0 Å². The summed E-state index contributed by atoms with van der Waals surface area (Å²) in [6, 6.07) is 6.29. The van der Waals surface area contributed by atoms with Gasteiger partial charge in [-0.15, -0.1) is 0 Å². The Morgan fingerprint density at radius 2 is 2.05 bits per heavy atom. The van der Waals surface area contributed by atoms with Crippen LogP contribution >= 0.6 is 0 Å². The van der Waals surface area contributed by atoms with Gasteiger partial charge in [0.2, 0.25) is 0 Å².